The molecule has 182 valence electrons. The van der Waals surface area contributed by atoms with Crippen LogP contribution in [-0.2, 0) is 16.9 Å². The lowest BCUT2D eigenvalue weighted by molar-refractivity contribution is 0.0469. The molecule has 0 spiro atoms. The molecule has 0 heterocycles. The van der Waals surface area contributed by atoms with Crippen molar-refractivity contribution in [1.29, 1.82) is 0 Å². The summed E-state index contributed by atoms with van der Waals surface area (Å²) in [5.41, 5.74) is 2.35. The lowest BCUT2D eigenvalue weighted by Crippen LogP contribution is -2.48. The first-order chi connectivity index (χ1) is 16.9. The van der Waals surface area contributed by atoms with Crippen LogP contribution in [0, 0.1) is 5.82 Å². The van der Waals surface area contributed by atoms with Crippen LogP contribution in [0.4, 0.5) is 4.39 Å². The molecule has 0 saturated heterocycles. The molecule has 1 aliphatic rings. The second-order valence-electron chi connectivity index (χ2n) is 9.28. The molecule has 3 aromatic rings. The number of amides is 1. The molecule has 3 aromatic carbocycles. The number of hydrogen-bond donors (Lipinski definition) is 1. The normalized spacial score (nSPS) is 19.8. The van der Waals surface area contributed by atoms with Crippen LogP contribution in [0.5, 0.6) is 0 Å². The Hall–Kier alpha value is -3.51. The number of hydrogen-bond acceptors (Lipinski definition) is 4. The summed E-state index contributed by atoms with van der Waals surface area (Å²) in [4.78, 5) is 27.6. The molecule has 0 radical (unpaired) electrons. The maximum Gasteiger partial charge on any atom is 0.338 e. The van der Waals surface area contributed by atoms with E-state index >= 15 is 0 Å². The van der Waals surface area contributed by atoms with Gasteiger partial charge in [0.1, 0.15) is 12.4 Å². The highest BCUT2D eigenvalue weighted by molar-refractivity contribution is 5.96. The summed E-state index contributed by atoms with van der Waals surface area (Å²) in [6.07, 6.45) is 3.19. The zero-order chi connectivity index (χ0) is 24.8. The van der Waals surface area contributed by atoms with E-state index in [2.05, 4.69) is 10.2 Å². The summed E-state index contributed by atoms with van der Waals surface area (Å²) in [5.74, 6) is -0.835. The van der Waals surface area contributed by atoms with Gasteiger partial charge in [0.25, 0.3) is 5.91 Å². The van der Waals surface area contributed by atoms with E-state index in [1.807, 2.05) is 32.3 Å². The third-order valence-corrected chi connectivity index (χ3v) is 7.00. The van der Waals surface area contributed by atoms with Crippen LogP contribution in [0.25, 0.3) is 0 Å². The molecule has 35 heavy (non-hydrogen) atoms. The summed E-state index contributed by atoms with van der Waals surface area (Å²) in [5, 5.41) is 3.16. The highest BCUT2D eigenvalue weighted by atomic mass is 19.1. The van der Waals surface area contributed by atoms with Crippen LogP contribution < -0.4 is 5.32 Å². The van der Waals surface area contributed by atoms with E-state index in [0.29, 0.717) is 16.7 Å². The zero-order valence-corrected chi connectivity index (χ0v) is 20.2. The number of halogens is 1. The Kier molecular flexibility index (Phi) is 7.61. The Bertz CT molecular complexity index is 1170. The van der Waals surface area contributed by atoms with Gasteiger partial charge in [-0.25, -0.2) is 9.18 Å². The van der Waals surface area contributed by atoms with Crippen molar-refractivity contribution in [2.24, 2.45) is 0 Å². The largest absolute Gasteiger partial charge is 0.457 e. The minimum absolute atomic E-state index is 0.0176. The summed E-state index contributed by atoms with van der Waals surface area (Å²) in [6.45, 7) is 0.0191. The summed E-state index contributed by atoms with van der Waals surface area (Å²) < 4.78 is 19.4. The molecule has 5 nitrogen and oxygen atoms in total. The summed E-state index contributed by atoms with van der Waals surface area (Å²) in [7, 11) is 4.05. The molecule has 1 aliphatic carbocycles. The molecule has 0 unspecified atom stereocenters. The van der Waals surface area contributed by atoms with Gasteiger partial charge in [-0.3, -0.25) is 9.69 Å². The van der Waals surface area contributed by atoms with Gasteiger partial charge in [-0.2, -0.15) is 0 Å². The highest BCUT2D eigenvalue weighted by Gasteiger charge is 2.39. The molecule has 0 aliphatic heterocycles. The van der Waals surface area contributed by atoms with E-state index in [9.17, 15) is 14.0 Å². The standard InChI is InChI=1S/C29H31FN2O3/c1-32(2)29(23-12-8-13-24(30)19-23)17-15-25(16-18-29)31-27(33)26-14-7-6-11-22(26)20-35-28(34)21-9-4-3-5-10-21/h3-14,19,25H,15-18,20H2,1-2H3,(H,31,33). The van der Waals surface area contributed by atoms with Crippen LogP contribution in [0.3, 0.4) is 0 Å². The van der Waals surface area contributed by atoms with Crippen LogP contribution in [0.15, 0.2) is 78.9 Å². The van der Waals surface area contributed by atoms with Gasteiger partial charge < -0.3 is 10.1 Å². The molecule has 0 bridgehead atoms. The molecule has 1 saturated carbocycles. The van der Waals surface area contributed by atoms with Crippen molar-refractivity contribution in [2.45, 2.75) is 43.9 Å². The average molecular weight is 475 g/mol. The number of carbonyl (C=O) groups excluding carboxylic acids is 2. The Morgan fingerprint density at radius 2 is 1.66 bits per heavy atom. The molecule has 6 heteroatoms. The van der Waals surface area contributed by atoms with Gasteiger partial charge in [-0.05, 0) is 75.7 Å². The molecule has 0 atom stereocenters. The van der Waals surface area contributed by atoms with E-state index < -0.39 is 5.97 Å². The van der Waals surface area contributed by atoms with Crippen LogP contribution in [0.2, 0.25) is 0 Å². The Morgan fingerprint density at radius 1 is 0.971 bits per heavy atom. The van der Waals surface area contributed by atoms with E-state index in [1.54, 1.807) is 54.6 Å². The third-order valence-electron chi connectivity index (χ3n) is 7.00. The Morgan fingerprint density at radius 3 is 2.34 bits per heavy atom. The van der Waals surface area contributed by atoms with Crippen molar-refractivity contribution in [3.8, 4) is 0 Å². The summed E-state index contributed by atoms with van der Waals surface area (Å²) in [6, 6.07) is 22.8. The topological polar surface area (TPSA) is 58.6 Å². The van der Waals surface area contributed by atoms with Crippen LogP contribution >= 0.6 is 0 Å². The number of benzene rings is 3. The van der Waals surface area contributed by atoms with Crippen molar-refractivity contribution < 1.29 is 18.7 Å². The van der Waals surface area contributed by atoms with Gasteiger partial charge >= 0.3 is 5.97 Å². The fourth-order valence-corrected chi connectivity index (χ4v) is 4.94. The van der Waals surface area contributed by atoms with Gasteiger partial charge in [0.2, 0.25) is 0 Å². The fraction of sp³-hybridized carbons (Fsp3) is 0.310. The molecule has 1 fully saturated rings. The van der Waals surface area contributed by atoms with Crippen molar-refractivity contribution in [3.63, 3.8) is 0 Å². The SMILES string of the molecule is CN(C)C1(c2cccc(F)c2)CCC(NC(=O)c2ccccc2COC(=O)c2ccccc2)CC1. The third kappa shape index (κ3) is 5.60. The van der Waals surface area contributed by atoms with Crippen molar-refractivity contribution >= 4 is 11.9 Å². The predicted molar refractivity (Wildman–Crippen MR) is 133 cm³/mol. The number of esters is 1. The highest BCUT2D eigenvalue weighted by Crippen LogP contribution is 2.41. The van der Waals surface area contributed by atoms with E-state index in [4.69, 9.17) is 4.74 Å². The molecular formula is C29H31FN2O3. The zero-order valence-electron chi connectivity index (χ0n) is 20.2. The number of carbonyl (C=O) groups is 2. The van der Waals surface area contributed by atoms with Crippen molar-refractivity contribution in [3.05, 3.63) is 107 Å². The van der Waals surface area contributed by atoms with Crippen molar-refractivity contribution in [1.82, 2.24) is 10.2 Å². The van der Waals surface area contributed by atoms with Gasteiger partial charge in [0.15, 0.2) is 0 Å². The Balaban J connectivity index is 1.40. The fourth-order valence-electron chi connectivity index (χ4n) is 4.94. The minimum atomic E-state index is -0.425. The number of nitrogens with one attached hydrogen (secondary N) is 1. The minimum Gasteiger partial charge on any atom is -0.457 e. The Labute approximate surface area is 205 Å². The van der Waals surface area contributed by atoms with E-state index in [0.717, 1.165) is 31.2 Å². The van der Waals surface area contributed by atoms with Gasteiger partial charge in [-0.1, -0.05) is 48.5 Å². The second kappa shape index (κ2) is 10.8. The molecule has 1 amide bonds. The molecule has 0 aromatic heterocycles. The average Bonchev–Trinajstić information content (AvgIpc) is 2.88. The van der Waals surface area contributed by atoms with Crippen LogP contribution in [0.1, 0.15) is 57.5 Å². The lowest BCUT2D eigenvalue weighted by atomic mass is 9.74. The first-order valence-electron chi connectivity index (χ1n) is 11.9. The van der Waals surface area contributed by atoms with Crippen LogP contribution in [-0.4, -0.2) is 36.9 Å². The lowest BCUT2D eigenvalue weighted by Gasteiger charge is -2.45. The molecule has 4 rings (SSSR count). The predicted octanol–water partition coefficient (Wildman–Crippen LogP) is 5.31. The first kappa shape index (κ1) is 24.6. The smallest absolute Gasteiger partial charge is 0.338 e. The quantitative estimate of drug-likeness (QED) is 0.472. The van der Waals surface area contributed by atoms with Gasteiger partial charge in [0.05, 0.1) is 5.56 Å². The van der Waals surface area contributed by atoms with E-state index in [1.165, 1.54) is 6.07 Å². The second-order valence-corrected chi connectivity index (χ2v) is 9.28. The number of ether oxygens (including phenoxy) is 1. The number of rotatable bonds is 7. The summed E-state index contributed by atoms with van der Waals surface area (Å²) >= 11 is 0. The van der Waals surface area contributed by atoms with Gasteiger partial charge in [0, 0.05) is 22.7 Å². The molecule has 1 N–H and O–H groups in total. The van der Waals surface area contributed by atoms with Gasteiger partial charge in [-0.15, -0.1) is 0 Å². The molecular weight excluding hydrogens is 443 g/mol. The first-order valence-corrected chi connectivity index (χ1v) is 11.9. The monoisotopic (exact) mass is 474 g/mol. The maximum atomic E-state index is 13.9. The maximum absolute atomic E-state index is 13.9. The van der Waals surface area contributed by atoms with Crippen molar-refractivity contribution in [2.75, 3.05) is 14.1 Å². The number of nitrogens with zero attached hydrogens (tertiary/aromatic N) is 1. The van der Waals surface area contributed by atoms with E-state index in [-0.39, 0.29) is 29.9 Å².